The van der Waals surface area contributed by atoms with Crippen LogP contribution in [-0.2, 0) is 4.79 Å². The monoisotopic (exact) mass is 420 g/mol. The molecule has 0 aliphatic heterocycles. The molecule has 0 saturated heterocycles. The van der Waals surface area contributed by atoms with E-state index in [1.807, 2.05) is 40.3 Å². The average Bonchev–Trinajstić information content (AvgIpc) is 3.31. The Labute approximate surface area is 172 Å². The highest BCUT2D eigenvalue weighted by Gasteiger charge is 2.18. The second-order valence-electron chi connectivity index (χ2n) is 6.52. The number of halogens is 1. The SMILES string of the molecule is CC(C)CC(NC(=O)CSc1nncn1-c1cccc(Cl)c1)c1cccs1. The summed E-state index contributed by atoms with van der Waals surface area (Å²) in [7, 11) is 0. The minimum atomic E-state index is -0.0142. The fourth-order valence-corrected chi connectivity index (χ4v) is 4.41. The molecule has 0 saturated carbocycles. The van der Waals surface area contributed by atoms with E-state index in [9.17, 15) is 4.79 Å². The van der Waals surface area contributed by atoms with Gasteiger partial charge in [-0.25, -0.2) is 0 Å². The molecule has 0 radical (unpaired) electrons. The van der Waals surface area contributed by atoms with Gasteiger partial charge in [0.1, 0.15) is 6.33 Å². The second kappa shape index (κ2) is 9.39. The number of carbonyl (C=O) groups is 1. The lowest BCUT2D eigenvalue weighted by Gasteiger charge is -2.19. The highest BCUT2D eigenvalue weighted by molar-refractivity contribution is 7.99. The van der Waals surface area contributed by atoms with Crippen LogP contribution in [0.1, 0.15) is 31.2 Å². The number of thiophene rings is 1. The molecule has 5 nitrogen and oxygen atoms in total. The minimum Gasteiger partial charge on any atom is -0.348 e. The van der Waals surface area contributed by atoms with E-state index in [1.165, 1.54) is 16.6 Å². The fourth-order valence-electron chi connectivity index (χ4n) is 2.70. The lowest BCUT2D eigenvalue weighted by Crippen LogP contribution is -2.30. The third kappa shape index (κ3) is 5.57. The molecule has 142 valence electrons. The zero-order valence-electron chi connectivity index (χ0n) is 15.1. The molecule has 2 heterocycles. The maximum absolute atomic E-state index is 12.5. The van der Waals surface area contributed by atoms with Crippen molar-refractivity contribution in [2.75, 3.05) is 5.75 Å². The van der Waals surface area contributed by atoms with Crippen molar-refractivity contribution in [2.45, 2.75) is 31.5 Å². The van der Waals surface area contributed by atoms with E-state index in [0.29, 0.717) is 16.1 Å². The molecule has 1 amide bonds. The lowest BCUT2D eigenvalue weighted by molar-refractivity contribution is -0.119. The van der Waals surface area contributed by atoms with Crippen molar-refractivity contribution in [3.8, 4) is 5.69 Å². The first-order valence-electron chi connectivity index (χ1n) is 8.64. The molecule has 8 heteroatoms. The fraction of sp³-hybridized carbons (Fsp3) is 0.316. The third-order valence-corrected chi connectivity index (χ3v) is 6.03. The number of thioether (sulfide) groups is 1. The van der Waals surface area contributed by atoms with E-state index in [4.69, 9.17) is 11.6 Å². The van der Waals surface area contributed by atoms with E-state index >= 15 is 0 Å². The number of aromatic nitrogens is 3. The van der Waals surface area contributed by atoms with E-state index in [1.54, 1.807) is 17.7 Å². The van der Waals surface area contributed by atoms with Gasteiger partial charge in [0.15, 0.2) is 5.16 Å². The molecule has 0 aliphatic carbocycles. The lowest BCUT2D eigenvalue weighted by atomic mass is 10.0. The van der Waals surface area contributed by atoms with Crippen LogP contribution < -0.4 is 5.32 Å². The minimum absolute atomic E-state index is 0.0142. The number of carbonyl (C=O) groups excluding carboxylic acids is 1. The van der Waals surface area contributed by atoms with Gasteiger partial charge in [-0.1, -0.05) is 49.3 Å². The highest BCUT2D eigenvalue weighted by atomic mass is 35.5. The maximum atomic E-state index is 12.5. The molecule has 27 heavy (non-hydrogen) atoms. The Hall–Kier alpha value is -1.83. The summed E-state index contributed by atoms with van der Waals surface area (Å²) >= 11 is 9.09. The van der Waals surface area contributed by atoms with Gasteiger partial charge in [0.25, 0.3) is 0 Å². The molecule has 0 bridgehead atoms. The molecule has 2 aromatic heterocycles. The van der Waals surface area contributed by atoms with Gasteiger partial charge in [0.05, 0.1) is 17.5 Å². The molecular weight excluding hydrogens is 400 g/mol. The normalized spacial score (nSPS) is 12.3. The molecule has 1 N–H and O–H groups in total. The third-order valence-electron chi connectivity index (χ3n) is 3.86. The van der Waals surface area contributed by atoms with Crippen LogP contribution in [0.2, 0.25) is 5.02 Å². The van der Waals surface area contributed by atoms with Crippen molar-refractivity contribution in [1.29, 1.82) is 0 Å². The van der Waals surface area contributed by atoms with Gasteiger partial charge < -0.3 is 5.32 Å². The van der Waals surface area contributed by atoms with Crippen LogP contribution >= 0.6 is 34.7 Å². The van der Waals surface area contributed by atoms with Gasteiger partial charge in [-0.2, -0.15) is 0 Å². The van der Waals surface area contributed by atoms with E-state index in [-0.39, 0.29) is 17.7 Å². The largest absolute Gasteiger partial charge is 0.348 e. The van der Waals surface area contributed by atoms with Gasteiger partial charge >= 0.3 is 0 Å². The van der Waals surface area contributed by atoms with Gasteiger partial charge in [-0.3, -0.25) is 9.36 Å². The maximum Gasteiger partial charge on any atom is 0.230 e. The second-order valence-corrected chi connectivity index (χ2v) is 8.88. The van der Waals surface area contributed by atoms with Crippen LogP contribution in [0.25, 0.3) is 5.69 Å². The Bertz CT molecular complexity index is 879. The topological polar surface area (TPSA) is 59.8 Å². The summed E-state index contributed by atoms with van der Waals surface area (Å²) in [5.41, 5.74) is 0.867. The summed E-state index contributed by atoms with van der Waals surface area (Å²) in [6.07, 6.45) is 2.54. The molecule has 3 aromatic rings. The first-order chi connectivity index (χ1) is 13.0. The van der Waals surface area contributed by atoms with Gasteiger partial charge in [-0.15, -0.1) is 21.5 Å². The summed E-state index contributed by atoms with van der Waals surface area (Å²) in [6.45, 7) is 4.32. The van der Waals surface area contributed by atoms with Crippen LogP contribution in [-0.4, -0.2) is 26.4 Å². The Balaban J connectivity index is 1.63. The number of rotatable bonds is 8. The zero-order valence-corrected chi connectivity index (χ0v) is 17.5. The predicted octanol–water partition coefficient (Wildman–Crippen LogP) is 4.98. The van der Waals surface area contributed by atoms with Crippen molar-refractivity contribution < 1.29 is 4.79 Å². The van der Waals surface area contributed by atoms with Crippen molar-refractivity contribution >= 4 is 40.6 Å². The first-order valence-corrected chi connectivity index (χ1v) is 10.9. The first kappa shape index (κ1) is 19.9. The quantitative estimate of drug-likeness (QED) is 0.522. The number of hydrogen-bond acceptors (Lipinski definition) is 5. The smallest absolute Gasteiger partial charge is 0.230 e. The Morgan fingerprint density at radius 2 is 2.19 bits per heavy atom. The summed E-state index contributed by atoms with van der Waals surface area (Å²) in [6, 6.07) is 11.6. The van der Waals surface area contributed by atoms with Gasteiger partial charge in [-0.05, 0) is 42.0 Å². The Kier molecular flexibility index (Phi) is 6.93. The van der Waals surface area contributed by atoms with E-state index in [2.05, 4.69) is 35.4 Å². The van der Waals surface area contributed by atoms with E-state index < -0.39 is 0 Å². The number of benzene rings is 1. The van der Waals surface area contributed by atoms with Crippen LogP contribution in [0.4, 0.5) is 0 Å². The number of hydrogen-bond donors (Lipinski definition) is 1. The van der Waals surface area contributed by atoms with E-state index in [0.717, 1.165) is 12.1 Å². The summed E-state index contributed by atoms with van der Waals surface area (Å²) in [5, 5.41) is 14.6. The van der Waals surface area contributed by atoms with Gasteiger partial charge in [0.2, 0.25) is 5.91 Å². The highest BCUT2D eigenvalue weighted by Crippen LogP contribution is 2.26. The molecule has 0 aliphatic rings. The summed E-state index contributed by atoms with van der Waals surface area (Å²) < 4.78 is 1.83. The van der Waals surface area contributed by atoms with Crippen LogP contribution in [0.5, 0.6) is 0 Å². The molecule has 0 spiro atoms. The number of nitrogens with one attached hydrogen (secondary N) is 1. The molecule has 3 rings (SSSR count). The standard InChI is InChI=1S/C19H21ClN4OS2/c1-13(2)9-16(17-7-4-8-26-17)22-18(25)11-27-19-23-21-12-24(19)15-6-3-5-14(20)10-15/h3-8,10,12-13,16H,9,11H2,1-2H3,(H,22,25). The summed E-state index contributed by atoms with van der Waals surface area (Å²) in [5.74, 6) is 0.759. The molecule has 1 aromatic carbocycles. The zero-order chi connectivity index (χ0) is 19.2. The molecule has 0 fully saturated rings. The van der Waals surface area contributed by atoms with Crippen LogP contribution in [0, 0.1) is 5.92 Å². The van der Waals surface area contributed by atoms with Crippen molar-refractivity contribution in [2.24, 2.45) is 5.92 Å². The average molecular weight is 421 g/mol. The molecule has 1 unspecified atom stereocenters. The van der Waals surface area contributed by atoms with Crippen LogP contribution in [0.15, 0.2) is 53.3 Å². The predicted molar refractivity (Wildman–Crippen MR) is 112 cm³/mol. The van der Waals surface area contributed by atoms with Crippen molar-refractivity contribution in [3.05, 3.63) is 58.0 Å². The van der Waals surface area contributed by atoms with Crippen LogP contribution in [0.3, 0.4) is 0 Å². The van der Waals surface area contributed by atoms with Gasteiger partial charge in [0, 0.05) is 9.90 Å². The summed E-state index contributed by atoms with van der Waals surface area (Å²) in [4.78, 5) is 13.7. The molecular formula is C19H21ClN4OS2. The Morgan fingerprint density at radius 3 is 2.89 bits per heavy atom. The number of amides is 1. The Morgan fingerprint density at radius 1 is 1.33 bits per heavy atom. The van der Waals surface area contributed by atoms with Crippen molar-refractivity contribution in [3.63, 3.8) is 0 Å². The molecule has 1 atom stereocenters. The number of nitrogens with zero attached hydrogens (tertiary/aromatic N) is 3. The van der Waals surface area contributed by atoms with Crippen molar-refractivity contribution in [1.82, 2.24) is 20.1 Å².